The van der Waals surface area contributed by atoms with Crippen molar-refractivity contribution in [2.24, 2.45) is 5.73 Å². The summed E-state index contributed by atoms with van der Waals surface area (Å²) in [5.74, 6) is -0.262. The number of phenolic OH excluding ortho intramolecular Hbond substituents is 1. The van der Waals surface area contributed by atoms with Crippen molar-refractivity contribution in [1.29, 1.82) is 0 Å². The summed E-state index contributed by atoms with van der Waals surface area (Å²) in [5.41, 5.74) is 6.95. The molecule has 1 atom stereocenters. The third-order valence-electron chi connectivity index (χ3n) is 4.21. The number of amides is 1. The largest absolute Gasteiger partial charge is 0.508 e. The average Bonchev–Trinajstić information content (AvgIpc) is 2.62. The highest BCUT2D eigenvalue weighted by molar-refractivity contribution is 5.82. The number of likely N-dealkylation sites (tertiary alicyclic amines) is 1. The number of aromatic hydroxyl groups is 1. The first-order valence-electron chi connectivity index (χ1n) is 8.59. The summed E-state index contributed by atoms with van der Waals surface area (Å²) in [4.78, 5) is 25.5. The van der Waals surface area contributed by atoms with Gasteiger partial charge in [0.25, 0.3) is 0 Å². The predicted octanol–water partition coefficient (Wildman–Crippen LogP) is 0.833. The Bertz CT molecular complexity index is 567. The van der Waals surface area contributed by atoms with Crippen molar-refractivity contribution in [3.8, 4) is 5.75 Å². The maximum Gasteiger partial charge on any atom is 0.332 e. The van der Waals surface area contributed by atoms with Gasteiger partial charge in [-0.05, 0) is 43.9 Å². The van der Waals surface area contributed by atoms with Crippen LogP contribution < -0.4 is 5.73 Å². The van der Waals surface area contributed by atoms with Gasteiger partial charge in [0.15, 0.2) is 0 Å². The molecule has 0 radical (unpaired) electrons. The van der Waals surface area contributed by atoms with Crippen molar-refractivity contribution in [2.75, 3.05) is 26.3 Å². The van der Waals surface area contributed by atoms with Crippen LogP contribution in [0.15, 0.2) is 24.3 Å². The zero-order valence-electron chi connectivity index (χ0n) is 14.5. The van der Waals surface area contributed by atoms with Gasteiger partial charge in [-0.15, -0.1) is 0 Å². The summed E-state index contributed by atoms with van der Waals surface area (Å²) < 4.78 is 10.4. The second-order valence-corrected chi connectivity index (χ2v) is 6.12. The Morgan fingerprint density at radius 3 is 2.52 bits per heavy atom. The van der Waals surface area contributed by atoms with Gasteiger partial charge in [-0.1, -0.05) is 12.1 Å². The Balaban J connectivity index is 1.74. The minimum absolute atomic E-state index is 0.0400. The molecular formula is C18H26N2O5. The van der Waals surface area contributed by atoms with Crippen molar-refractivity contribution in [2.45, 2.75) is 38.3 Å². The molecule has 7 nitrogen and oxygen atoms in total. The number of ether oxygens (including phenoxy) is 2. The number of hydrogen-bond donors (Lipinski definition) is 2. The molecule has 138 valence electrons. The standard InChI is InChI=1S/C18H26N2O5/c1-2-24-17(22)12-25-15-7-9-20(10-8-15)18(23)16(19)11-13-3-5-14(21)6-4-13/h3-6,15-16,21H,2,7-12,19H2,1H3. The van der Waals surface area contributed by atoms with Gasteiger partial charge in [0.05, 0.1) is 18.8 Å². The molecule has 1 aromatic carbocycles. The van der Waals surface area contributed by atoms with Crippen LogP contribution >= 0.6 is 0 Å². The minimum atomic E-state index is -0.610. The van der Waals surface area contributed by atoms with Crippen LogP contribution in [0.1, 0.15) is 25.3 Å². The molecule has 0 saturated carbocycles. The molecule has 1 aliphatic rings. The average molecular weight is 350 g/mol. The van der Waals surface area contributed by atoms with Crippen LogP contribution in [0, 0.1) is 0 Å². The van der Waals surface area contributed by atoms with Crippen LogP contribution in [0.2, 0.25) is 0 Å². The molecule has 0 aliphatic carbocycles. The lowest BCUT2D eigenvalue weighted by molar-refractivity contribution is -0.152. The number of nitrogens with two attached hydrogens (primary N) is 1. The number of piperidine rings is 1. The molecule has 1 aliphatic heterocycles. The van der Waals surface area contributed by atoms with Gasteiger partial charge in [-0.3, -0.25) is 4.79 Å². The predicted molar refractivity (Wildman–Crippen MR) is 92.0 cm³/mol. The molecule has 7 heteroatoms. The molecule has 1 heterocycles. The van der Waals surface area contributed by atoms with Crippen molar-refractivity contribution in [1.82, 2.24) is 4.90 Å². The summed E-state index contributed by atoms with van der Waals surface area (Å²) in [7, 11) is 0. The summed E-state index contributed by atoms with van der Waals surface area (Å²) in [5, 5.41) is 9.29. The van der Waals surface area contributed by atoms with E-state index in [1.54, 1.807) is 36.1 Å². The van der Waals surface area contributed by atoms with Gasteiger partial charge in [0, 0.05) is 13.1 Å². The second-order valence-electron chi connectivity index (χ2n) is 6.12. The Labute approximate surface area is 147 Å². The fourth-order valence-corrected chi connectivity index (χ4v) is 2.84. The molecular weight excluding hydrogens is 324 g/mol. The van der Waals surface area contributed by atoms with E-state index in [9.17, 15) is 14.7 Å². The fraction of sp³-hybridized carbons (Fsp3) is 0.556. The maximum atomic E-state index is 12.5. The number of hydrogen-bond acceptors (Lipinski definition) is 6. The third-order valence-corrected chi connectivity index (χ3v) is 4.21. The van der Waals surface area contributed by atoms with Crippen molar-refractivity contribution in [3.63, 3.8) is 0 Å². The molecule has 2 rings (SSSR count). The van der Waals surface area contributed by atoms with Crippen LogP contribution in [0.4, 0.5) is 0 Å². The molecule has 1 fully saturated rings. The number of esters is 1. The van der Waals surface area contributed by atoms with E-state index < -0.39 is 6.04 Å². The molecule has 3 N–H and O–H groups in total. The Hall–Kier alpha value is -2.12. The summed E-state index contributed by atoms with van der Waals surface area (Å²) >= 11 is 0. The maximum absolute atomic E-state index is 12.5. The molecule has 1 aromatic rings. The lowest BCUT2D eigenvalue weighted by Crippen LogP contribution is -2.49. The highest BCUT2D eigenvalue weighted by Crippen LogP contribution is 2.16. The van der Waals surface area contributed by atoms with E-state index in [-0.39, 0.29) is 30.3 Å². The van der Waals surface area contributed by atoms with Crippen LogP contribution in [0.5, 0.6) is 5.75 Å². The fourth-order valence-electron chi connectivity index (χ4n) is 2.84. The van der Waals surface area contributed by atoms with E-state index >= 15 is 0 Å². The van der Waals surface area contributed by atoms with Gasteiger partial charge in [-0.2, -0.15) is 0 Å². The summed E-state index contributed by atoms with van der Waals surface area (Å²) in [6.07, 6.45) is 1.74. The van der Waals surface area contributed by atoms with E-state index in [0.29, 0.717) is 39.0 Å². The van der Waals surface area contributed by atoms with Crippen LogP contribution in [0.3, 0.4) is 0 Å². The smallest absolute Gasteiger partial charge is 0.332 e. The molecule has 1 amide bonds. The van der Waals surface area contributed by atoms with E-state index in [2.05, 4.69) is 0 Å². The quantitative estimate of drug-likeness (QED) is 0.706. The highest BCUT2D eigenvalue weighted by atomic mass is 16.6. The molecule has 1 unspecified atom stereocenters. The van der Waals surface area contributed by atoms with Crippen LogP contribution in [0.25, 0.3) is 0 Å². The minimum Gasteiger partial charge on any atom is -0.508 e. The number of carbonyl (C=O) groups excluding carboxylic acids is 2. The first kappa shape index (κ1) is 19.2. The third kappa shape index (κ3) is 6.03. The number of rotatable bonds is 7. The van der Waals surface area contributed by atoms with E-state index in [4.69, 9.17) is 15.2 Å². The number of carbonyl (C=O) groups is 2. The number of phenols is 1. The molecule has 0 aromatic heterocycles. The van der Waals surface area contributed by atoms with E-state index in [0.717, 1.165) is 5.56 Å². The zero-order valence-corrected chi connectivity index (χ0v) is 14.5. The second kappa shape index (κ2) is 9.39. The van der Waals surface area contributed by atoms with E-state index in [1.807, 2.05) is 0 Å². The summed E-state index contributed by atoms with van der Waals surface area (Å²) in [6, 6.07) is 6.08. The Morgan fingerprint density at radius 2 is 1.92 bits per heavy atom. The summed E-state index contributed by atoms with van der Waals surface area (Å²) in [6.45, 7) is 3.18. The van der Waals surface area contributed by atoms with Crippen molar-refractivity contribution >= 4 is 11.9 Å². The van der Waals surface area contributed by atoms with Gasteiger partial charge in [0.2, 0.25) is 5.91 Å². The Morgan fingerprint density at radius 1 is 1.28 bits per heavy atom. The van der Waals surface area contributed by atoms with Gasteiger partial charge in [-0.25, -0.2) is 4.79 Å². The normalized spacial score (nSPS) is 16.5. The molecule has 25 heavy (non-hydrogen) atoms. The molecule has 0 bridgehead atoms. The number of benzene rings is 1. The first-order valence-corrected chi connectivity index (χ1v) is 8.59. The monoisotopic (exact) mass is 350 g/mol. The van der Waals surface area contributed by atoms with Gasteiger partial charge in [0.1, 0.15) is 12.4 Å². The Kier molecular flexibility index (Phi) is 7.21. The molecule has 0 spiro atoms. The van der Waals surface area contributed by atoms with Crippen molar-refractivity contribution < 1.29 is 24.2 Å². The van der Waals surface area contributed by atoms with Crippen LogP contribution in [-0.4, -0.2) is 60.3 Å². The number of nitrogens with zero attached hydrogens (tertiary/aromatic N) is 1. The van der Waals surface area contributed by atoms with Crippen molar-refractivity contribution in [3.05, 3.63) is 29.8 Å². The van der Waals surface area contributed by atoms with Crippen LogP contribution in [-0.2, 0) is 25.5 Å². The lowest BCUT2D eigenvalue weighted by Gasteiger charge is -2.33. The van der Waals surface area contributed by atoms with E-state index in [1.165, 1.54) is 0 Å². The zero-order chi connectivity index (χ0) is 18.2. The lowest BCUT2D eigenvalue weighted by atomic mass is 10.0. The van der Waals surface area contributed by atoms with Gasteiger partial charge >= 0.3 is 5.97 Å². The van der Waals surface area contributed by atoms with Gasteiger partial charge < -0.3 is 25.2 Å². The molecule has 1 saturated heterocycles. The topological polar surface area (TPSA) is 102 Å². The SMILES string of the molecule is CCOC(=O)COC1CCN(C(=O)C(N)Cc2ccc(O)cc2)CC1. The highest BCUT2D eigenvalue weighted by Gasteiger charge is 2.27. The first-order chi connectivity index (χ1) is 12.0.